The van der Waals surface area contributed by atoms with Crippen molar-refractivity contribution in [2.24, 2.45) is 0 Å². The van der Waals surface area contributed by atoms with Crippen molar-refractivity contribution in [1.82, 2.24) is 25.5 Å². The number of hydrogen-bond acceptors (Lipinski definition) is 6. The van der Waals surface area contributed by atoms with E-state index in [0.717, 1.165) is 62.3 Å². The molecule has 1 saturated heterocycles. The van der Waals surface area contributed by atoms with E-state index in [2.05, 4.69) is 30.4 Å². The summed E-state index contributed by atoms with van der Waals surface area (Å²) in [5.74, 6) is 0.932. The highest BCUT2D eigenvalue weighted by atomic mass is 19.1. The second kappa shape index (κ2) is 8.67. The average molecular weight is 419 g/mol. The van der Waals surface area contributed by atoms with Gasteiger partial charge in [-0.2, -0.15) is 5.10 Å². The SMILES string of the molecule is Cc1ccc(F)c(CN2CCCc3nnc(-c4ncc(C5CCNCC5)cn4)cc32)c1. The van der Waals surface area contributed by atoms with Gasteiger partial charge in [0.15, 0.2) is 5.82 Å². The van der Waals surface area contributed by atoms with Crippen LogP contribution in [0.1, 0.15) is 47.6 Å². The van der Waals surface area contributed by atoms with E-state index in [0.29, 0.717) is 29.5 Å². The zero-order chi connectivity index (χ0) is 21.2. The molecule has 0 bridgehead atoms. The molecule has 31 heavy (non-hydrogen) atoms. The quantitative estimate of drug-likeness (QED) is 0.695. The van der Waals surface area contributed by atoms with E-state index in [4.69, 9.17) is 0 Å². The van der Waals surface area contributed by atoms with Crippen molar-refractivity contribution in [3.63, 3.8) is 0 Å². The predicted octanol–water partition coefficient (Wildman–Crippen LogP) is 3.80. The van der Waals surface area contributed by atoms with Crippen molar-refractivity contribution < 1.29 is 4.39 Å². The van der Waals surface area contributed by atoms with E-state index in [1.807, 2.05) is 31.5 Å². The number of aryl methyl sites for hydroxylation is 2. The third kappa shape index (κ3) is 4.28. The van der Waals surface area contributed by atoms with Crippen LogP contribution in [0, 0.1) is 12.7 Å². The summed E-state index contributed by atoms with van der Waals surface area (Å²) < 4.78 is 14.4. The molecule has 1 N–H and O–H groups in total. The Morgan fingerprint density at radius 2 is 1.90 bits per heavy atom. The summed E-state index contributed by atoms with van der Waals surface area (Å²) in [4.78, 5) is 11.4. The number of piperidine rings is 1. The first-order valence-corrected chi connectivity index (χ1v) is 11.1. The maximum atomic E-state index is 14.4. The summed E-state index contributed by atoms with van der Waals surface area (Å²) in [6.45, 7) is 5.45. The summed E-state index contributed by atoms with van der Waals surface area (Å²) in [5, 5.41) is 12.2. The highest BCUT2D eigenvalue weighted by molar-refractivity contribution is 5.61. The van der Waals surface area contributed by atoms with Gasteiger partial charge in [-0.15, -0.1) is 5.10 Å². The first-order valence-electron chi connectivity index (χ1n) is 11.1. The van der Waals surface area contributed by atoms with Gasteiger partial charge in [-0.3, -0.25) is 0 Å². The molecule has 0 atom stereocenters. The molecule has 0 saturated carbocycles. The highest BCUT2D eigenvalue weighted by Gasteiger charge is 2.22. The van der Waals surface area contributed by atoms with E-state index in [1.165, 1.54) is 5.56 Å². The topological polar surface area (TPSA) is 66.8 Å². The maximum Gasteiger partial charge on any atom is 0.180 e. The molecule has 5 rings (SSSR count). The first kappa shape index (κ1) is 20.0. The molecule has 4 heterocycles. The molecule has 0 radical (unpaired) electrons. The van der Waals surface area contributed by atoms with Gasteiger partial charge >= 0.3 is 0 Å². The van der Waals surface area contributed by atoms with Crippen molar-refractivity contribution >= 4 is 5.69 Å². The fourth-order valence-electron chi connectivity index (χ4n) is 4.56. The molecule has 160 valence electrons. The zero-order valence-corrected chi connectivity index (χ0v) is 17.8. The minimum Gasteiger partial charge on any atom is -0.365 e. The average Bonchev–Trinajstić information content (AvgIpc) is 2.82. The van der Waals surface area contributed by atoms with E-state index < -0.39 is 0 Å². The van der Waals surface area contributed by atoms with E-state index in [1.54, 1.807) is 12.1 Å². The number of fused-ring (bicyclic) bond motifs is 1. The molecule has 1 fully saturated rings. The van der Waals surface area contributed by atoms with E-state index in [-0.39, 0.29) is 5.82 Å². The van der Waals surface area contributed by atoms with Crippen LogP contribution in [-0.2, 0) is 13.0 Å². The molecule has 0 aliphatic carbocycles. The normalized spacial score (nSPS) is 16.9. The molecular weight excluding hydrogens is 391 g/mol. The summed E-state index contributed by atoms with van der Waals surface area (Å²) in [6.07, 6.45) is 7.96. The third-order valence-corrected chi connectivity index (χ3v) is 6.30. The van der Waals surface area contributed by atoms with Crippen molar-refractivity contribution in [3.05, 3.63) is 64.9 Å². The van der Waals surface area contributed by atoms with Gasteiger partial charge in [-0.1, -0.05) is 17.7 Å². The number of aromatic nitrogens is 4. The number of anilines is 1. The Hall–Kier alpha value is -2.93. The van der Waals surface area contributed by atoms with Gasteiger partial charge in [0.2, 0.25) is 0 Å². The number of benzene rings is 1. The second-order valence-corrected chi connectivity index (χ2v) is 8.55. The second-order valence-electron chi connectivity index (χ2n) is 8.55. The lowest BCUT2D eigenvalue weighted by Gasteiger charge is -2.30. The zero-order valence-electron chi connectivity index (χ0n) is 17.8. The Morgan fingerprint density at radius 1 is 1.10 bits per heavy atom. The molecule has 0 amide bonds. The number of rotatable bonds is 4. The summed E-state index contributed by atoms with van der Waals surface area (Å²) >= 11 is 0. The Balaban J connectivity index is 1.41. The number of nitrogens with zero attached hydrogens (tertiary/aromatic N) is 5. The number of halogens is 1. The van der Waals surface area contributed by atoms with Gasteiger partial charge in [0.25, 0.3) is 0 Å². The standard InChI is InChI=1S/C24H27FN6/c1-16-4-5-20(25)18(11-16)15-31-10-2-3-21-23(31)12-22(30-29-21)24-27-13-19(14-28-24)17-6-8-26-9-7-17/h4-5,11-14,17,26H,2-3,6-10,15H2,1H3. The monoisotopic (exact) mass is 418 g/mol. The van der Waals surface area contributed by atoms with Crippen molar-refractivity contribution in [3.8, 4) is 11.5 Å². The van der Waals surface area contributed by atoms with Gasteiger partial charge < -0.3 is 10.2 Å². The molecule has 7 heteroatoms. The largest absolute Gasteiger partial charge is 0.365 e. The first-order chi connectivity index (χ1) is 15.2. The van der Waals surface area contributed by atoms with Gasteiger partial charge in [0, 0.05) is 31.0 Å². The fourth-order valence-corrected chi connectivity index (χ4v) is 4.56. The van der Waals surface area contributed by atoms with Crippen LogP contribution in [0.15, 0.2) is 36.7 Å². The molecule has 0 unspecified atom stereocenters. The molecule has 6 nitrogen and oxygen atoms in total. The Morgan fingerprint density at radius 3 is 2.71 bits per heavy atom. The minimum absolute atomic E-state index is 0.170. The number of hydrogen-bond donors (Lipinski definition) is 1. The van der Waals surface area contributed by atoms with Crippen LogP contribution in [-0.4, -0.2) is 39.8 Å². The fraction of sp³-hybridized carbons (Fsp3) is 0.417. The summed E-state index contributed by atoms with van der Waals surface area (Å²) in [5.41, 5.74) is 5.57. The molecule has 2 aromatic heterocycles. The Labute approximate surface area is 182 Å². The van der Waals surface area contributed by atoms with Crippen molar-refractivity contribution in [1.29, 1.82) is 0 Å². The van der Waals surface area contributed by atoms with Crippen LogP contribution in [0.4, 0.5) is 10.1 Å². The Kier molecular flexibility index (Phi) is 5.59. The minimum atomic E-state index is -0.170. The highest BCUT2D eigenvalue weighted by Crippen LogP contribution is 2.30. The lowest BCUT2D eigenvalue weighted by molar-refractivity contribution is 0.459. The van der Waals surface area contributed by atoms with Crippen LogP contribution in [0.3, 0.4) is 0 Å². The van der Waals surface area contributed by atoms with Crippen LogP contribution in [0.25, 0.3) is 11.5 Å². The molecular formula is C24H27FN6. The lowest BCUT2D eigenvalue weighted by Crippen LogP contribution is -2.30. The van der Waals surface area contributed by atoms with E-state index in [9.17, 15) is 4.39 Å². The predicted molar refractivity (Wildman–Crippen MR) is 118 cm³/mol. The molecule has 2 aliphatic heterocycles. The van der Waals surface area contributed by atoms with Crippen LogP contribution < -0.4 is 10.2 Å². The maximum absolute atomic E-state index is 14.4. The molecule has 1 aromatic carbocycles. The smallest absolute Gasteiger partial charge is 0.180 e. The van der Waals surface area contributed by atoms with Gasteiger partial charge in [0.05, 0.1) is 11.4 Å². The van der Waals surface area contributed by atoms with Gasteiger partial charge in [0.1, 0.15) is 11.5 Å². The van der Waals surface area contributed by atoms with Crippen LogP contribution in [0.5, 0.6) is 0 Å². The number of nitrogens with one attached hydrogen (secondary N) is 1. The summed E-state index contributed by atoms with van der Waals surface area (Å²) in [6, 6.07) is 7.28. The molecule has 0 spiro atoms. The van der Waals surface area contributed by atoms with Crippen molar-refractivity contribution in [2.75, 3.05) is 24.5 Å². The van der Waals surface area contributed by atoms with Crippen LogP contribution in [0.2, 0.25) is 0 Å². The lowest BCUT2D eigenvalue weighted by atomic mass is 9.92. The van der Waals surface area contributed by atoms with Gasteiger partial charge in [-0.25, -0.2) is 14.4 Å². The van der Waals surface area contributed by atoms with Crippen molar-refractivity contribution in [2.45, 2.75) is 45.1 Å². The summed E-state index contributed by atoms with van der Waals surface area (Å²) in [7, 11) is 0. The third-order valence-electron chi connectivity index (χ3n) is 6.30. The molecule has 3 aromatic rings. The van der Waals surface area contributed by atoms with Gasteiger partial charge in [-0.05, 0) is 69.3 Å². The molecule has 2 aliphatic rings. The Bertz CT molecular complexity index is 1060. The van der Waals surface area contributed by atoms with E-state index >= 15 is 0 Å². The van der Waals surface area contributed by atoms with Crippen LogP contribution >= 0.6 is 0 Å².